The first kappa shape index (κ1) is 20.0. The number of hydrogen-bond donors (Lipinski definition) is 1. The predicted molar refractivity (Wildman–Crippen MR) is 101 cm³/mol. The fraction of sp³-hybridized carbons (Fsp3) is 0.579. The molecule has 0 fully saturated rings. The molecule has 24 heavy (non-hydrogen) atoms. The molecule has 0 saturated heterocycles. The second-order valence-corrected chi connectivity index (χ2v) is 6.11. The Morgan fingerprint density at radius 1 is 1.04 bits per heavy atom. The van der Waals surface area contributed by atoms with Crippen LogP contribution in [-0.4, -0.2) is 43.9 Å². The number of carbonyl (C=O) groups is 2. The molecule has 0 saturated carbocycles. The second kappa shape index (κ2) is 9.96. The summed E-state index contributed by atoms with van der Waals surface area (Å²) in [4.78, 5) is 28.5. The lowest BCUT2D eigenvalue weighted by molar-refractivity contribution is -0.116. The molecular weight excluding hydrogens is 302 g/mol. The molecule has 0 unspecified atom stereocenters. The summed E-state index contributed by atoms with van der Waals surface area (Å²) < 4.78 is 0. The monoisotopic (exact) mass is 333 g/mol. The third-order valence-corrected chi connectivity index (χ3v) is 4.05. The summed E-state index contributed by atoms with van der Waals surface area (Å²) in [5.41, 5.74) is 2.16. The Balaban J connectivity index is 2.99. The summed E-state index contributed by atoms with van der Waals surface area (Å²) in [6, 6.07) is 5.53. The van der Waals surface area contributed by atoms with Crippen LogP contribution in [0.25, 0.3) is 0 Å². The summed E-state index contributed by atoms with van der Waals surface area (Å²) >= 11 is 0. The van der Waals surface area contributed by atoms with Gasteiger partial charge in [-0.25, -0.2) is 0 Å². The first-order chi connectivity index (χ1) is 11.4. The van der Waals surface area contributed by atoms with Gasteiger partial charge in [0.2, 0.25) is 5.91 Å². The van der Waals surface area contributed by atoms with Gasteiger partial charge >= 0.3 is 0 Å². The molecule has 0 aliphatic heterocycles. The Labute approximate surface area is 146 Å². The SMILES string of the molecule is CCCCCC(=O)Nc1ccc(N(C)C)c(C(=O)N(CC)CC)c1. The molecule has 0 aromatic heterocycles. The van der Waals surface area contributed by atoms with E-state index in [1.807, 2.05) is 45.0 Å². The van der Waals surface area contributed by atoms with Crippen molar-refractivity contribution in [3.8, 4) is 0 Å². The number of nitrogens with zero attached hydrogens (tertiary/aromatic N) is 2. The van der Waals surface area contributed by atoms with E-state index in [-0.39, 0.29) is 11.8 Å². The van der Waals surface area contributed by atoms with Gasteiger partial charge in [-0.3, -0.25) is 9.59 Å². The van der Waals surface area contributed by atoms with E-state index in [0.29, 0.717) is 30.8 Å². The molecule has 0 radical (unpaired) electrons. The average molecular weight is 333 g/mol. The number of unbranched alkanes of at least 4 members (excludes halogenated alkanes) is 2. The Morgan fingerprint density at radius 2 is 1.71 bits per heavy atom. The van der Waals surface area contributed by atoms with Gasteiger partial charge in [0.1, 0.15) is 0 Å². The highest BCUT2D eigenvalue weighted by Crippen LogP contribution is 2.24. The number of amides is 2. The highest BCUT2D eigenvalue weighted by atomic mass is 16.2. The molecule has 0 aliphatic carbocycles. The molecular formula is C19H31N3O2. The van der Waals surface area contributed by atoms with Crippen molar-refractivity contribution in [3.05, 3.63) is 23.8 Å². The summed E-state index contributed by atoms with van der Waals surface area (Å²) in [6.07, 6.45) is 3.55. The summed E-state index contributed by atoms with van der Waals surface area (Å²) in [5, 5.41) is 2.91. The van der Waals surface area contributed by atoms with Crippen LogP contribution in [0.3, 0.4) is 0 Å². The lowest BCUT2D eigenvalue weighted by Crippen LogP contribution is -2.31. The highest BCUT2D eigenvalue weighted by molar-refractivity contribution is 6.02. The van der Waals surface area contributed by atoms with E-state index >= 15 is 0 Å². The Morgan fingerprint density at radius 3 is 2.25 bits per heavy atom. The van der Waals surface area contributed by atoms with Crippen molar-refractivity contribution in [2.24, 2.45) is 0 Å². The molecule has 0 heterocycles. The molecule has 5 nitrogen and oxygen atoms in total. The van der Waals surface area contributed by atoms with Crippen LogP contribution in [0, 0.1) is 0 Å². The Hall–Kier alpha value is -2.04. The van der Waals surface area contributed by atoms with Crippen LogP contribution >= 0.6 is 0 Å². The zero-order valence-corrected chi connectivity index (χ0v) is 15.7. The van der Waals surface area contributed by atoms with Crippen molar-refractivity contribution < 1.29 is 9.59 Å². The first-order valence-electron chi connectivity index (χ1n) is 8.85. The van der Waals surface area contributed by atoms with Crippen LogP contribution in [-0.2, 0) is 4.79 Å². The molecule has 5 heteroatoms. The minimum Gasteiger partial charge on any atom is -0.377 e. The van der Waals surface area contributed by atoms with E-state index in [2.05, 4.69) is 12.2 Å². The van der Waals surface area contributed by atoms with Crippen molar-refractivity contribution in [2.75, 3.05) is 37.4 Å². The third-order valence-electron chi connectivity index (χ3n) is 4.05. The third kappa shape index (κ3) is 5.55. The van der Waals surface area contributed by atoms with Crippen LogP contribution in [0.15, 0.2) is 18.2 Å². The van der Waals surface area contributed by atoms with Crippen LogP contribution in [0.2, 0.25) is 0 Å². The zero-order chi connectivity index (χ0) is 18.1. The summed E-state index contributed by atoms with van der Waals surface area (Å²) in [6.45, 7) is 7.38. The van der Waals surface area contributed by atoms with Crippen LogP contribution < -0.4 is 10.2 Å². The molecule has 1 aromatic carbocycles. The van der Waals surface area contributed by atoms with Gasteiger partial charge in [-0.05, 0) is 38.5 Å². The Kier molecular flexibility index (Phi) is 8.30. The molecule has 0 aliphatic rings. The quantitative estimate of drug-likeness (QED) is 0.700. The number of anilines is 2. The number of carbonyl (C=O) groups excluding carboxylic acids is 2. The predicted octanol–water partition coefficient (Wildman–Crippen LogP) is 3.75. The lowest BCUT2D eigenvalue weighted by Gasteiger charge is -2.23. The van der Waals surface area contributed by atoms with Crippen molar-refractivity contribution >= 4 is 23.2 Å². The van der Waals surface area contributed by atoms with E-state index in [1.165, 1.54) is 0 Å². The molecule has 0 atom stereocenters. The zero-order valence-electron chi connectivity index (χ0n) is 15.7. The maximum Gasteiger partial charge on any atom is 0.256 e. The fourth-order valence-electron chi connectivity index (χ4n) is 2.62. The lowest BCUT2D eigenvalue weighted by atomic mass is 10.1. The molecule has 134 valence electrons. The summed E-state index contributed by atoms with van der Waals surface area (Å²) in [7, 11) is 3.83. The largest absolute Gasteiger partial charge is 0.377 e. The second-order valence-electron chi connectivity index (χ2n) is 6.11. The molecule has 1 aromatic rings. The van der Waals surface area contributed by atoms with E-state index in [1.54, 1.807) is 11.0 Å². The molecule has 0 bridgehead atoms. The van der Waals surface area contributed by atoms with Crippen molar-refractivity contribution in [1.82, 2.24) is 4.90 Å². The number of hydrogen-bond acceptors (Lipinski definition) is 3. The van der Waals surface area contributed by atoms with E-state index in [9.17, 15) is 9.59 Å². The van der Waals surface area contributed by atoms with Crippen LogP contribution in [0.4, 0.5) is 11.4 Å². The minimum absolute atomic E-state index is 0.00212. The van der Waals surface area contributed by atoms with Crippen molar-refractivity contribution in [2.45, 2.75) is 46.5 Å². The van der Waals surface area contributed by atoms with Crippen LogP contribution in [0.5, 0.6) is 0 Å². The van der Waals surface area contributed by atoms with E-state index in [0.717, 1.165) is 24.9 Å². The topological polar surface area (TPSA) is 52.7 Å². The van der Waals surface area contributed by atoms with Gasteiger partial charge in [-0.15, -0.1) is 0 Å². The molecule has 1 N–H and O–H groups in total. The first-order valence-corrected chi connectivity index (χ1v) is 8.85. The smallest absolute Gasteiger partial charge is 0.256 e. The van der Waals surface area contributed by atoms with Crippen LogP contribution in [0.1, 0.15) is 56.8 Å². The van der Waals surface area contributed by atoms with Gasteiger partial charge < -0.3 is 15.1 Å². The van der Waals surface area contributed by atoms with Crippen molar-refractivity contribution in [1.29, 1.82) is 0 Å². The van der Waals surface area contributed by atoms with E-state index < -0.39 is 0 Å². The fourth-order valence-corrected chi connectivity index (χ4v) is 2.62. The standard InChI is InChI=1S/C19H31N3O2/c1-6-9-10-11-18(23)20-15-12-13-17(21(4)5)16(14-15)19(24)22(7-2)8-3/h12-14H,6-11H2,1-5H3,(H,20,23). The van der Waals surface area contributed by atoms with Gasteiger partial charge in [-0.2, -0.15) is 0 Å². The molecule has 2 amide bonds. The molecule has 0 spiro atoms. The van der Waals surface area contributed by atoms with Gasteiger partial charge in [0.15, 0.2) is 0 Å². The number of benzene rings is 1. The van der Waals surface area contributed by atoms with Gasteiger partial charge in [-0.1, -0.05) is 19.8 Å². The maximum absolute atomic E-state index is 12.8. The van der Waals surface area contributed by atoms with Crippen molar-refractivity contribution in [3.63, 3.8) is 0 Å². The molecule has 1 rings (SSSR count). The van der Waals surface area contributed by atoms with Gasteiger partial charge in [0.05, 0.1) is 5.56 Å². The normalized spacial score (nSPS) is 10.4. The number of nitrogens with one attached hydrogen (secondary N) is 1. The average Bonchev–Trinajstić information content (AvgIpc) is 2.55. The highest BCUT2D eigenvalue weighted by Gasteiger charge is 2.18. The number of rotatable bonds is 9. The van der Waals surface area contributed by atoms with E-state index in [4.69, 9.17) is 0 Å². The maximum atomic E-state index is 12.8. The minimum atomic E-state index is -0.00854. The Bertz CT molecular complexity index is 552. The van der Waals surface area contributed by atoms with Gasteiger partial charge in [0, 0.05) is 45.0 Å². The summed E-state index contributed by atoms with van der Waals surface area (Å²) in [5.74, 6) is -0.00641. The van der Waals surface area contributed by atoms with Gasteiger partial charge in [0.25, 0.3) is 5.91 Å².